The predicted octanol–water partition coefficient (Wildman–Crippen LogP) is 6.53. The van der Waals surface area contributed by atoms with E-state index in [9.17, 15) is 15.0 Å². The van der Waals surface area contributed by atoms with E-state index in [0.29, 0.717) is 22.2 Å². The molecule has 3 aromatic rings. The van der Waals surface area contributed by atoms with Crippen molar-refractivity contribution in [2.75, 3.05) is 33.2 Å². The third kappa shape index (κ3) is 6.52. The average Bonchev–Trinajstić information content (AvgIpc) is 2.90. The highest BCUT2D eigenvalue weighted by atomic mass is 35.5. The van der Waals surface area contributed by atoms with Gasteiger partial charge in [-0.25, -0.2) is 0 Å². The molecule has 1 saturated heterocycles. The van der Waals surface area contributed by atoms with E-state index in [-0.39, 0.29) is 29.2 Å². The summed E-state index contributed by atoms with van der Waals surface area (Å²) in [5.74, 6) is 0.757. The van der Waals surface area contributed by atoms with E-state index < -0.39 is 0 Å². The monoisotopic (exact) mass is 526 g/mol. The first kappa shape index (κ1) is 26.3. The second kappa shape index (κ2) is 12.0. The zero-order valence-electron chi connectivity index (χ0n) is 20.4. The molecule has 1 fully saturated rings. The maximum absolute atomic E-state index is 13.0. The number of phenols is 2. The molecule has 1 aliphatic rings. The molecule has 0 aliphatic carbocycles. The van der Waals surface area contributed by atoms with E-state index in [1.165, 1.54) is 6.07 Å². The van der Waals surface area contributed by atoms with E-state index in [4.69, 9.17) is 23.2 Å². The van der Waals surface area contributed by atoms with Crippen LogP contribution in [0.2, 0.25) is 10.0 Å². The van der Waals surface area contributed by atoms with Gasteiger partial charge in [-0.15, -0.1) is 0 Å². The minimum Gasteiger partial charge on any atom is -0.508 e. The van der Waals surface area contributed by atoms with Gasteiger partial charge < -0.3 is 20.0 Å². The second-order valence-corrected chi connectivity index (χ2v) is 10.4. The lowest BCUT2D eigenvalue weighted by Gasteiger charge is -2.34. The summed E-state index contributed by atoms with van der Waals surface area (Å²) in [6, 6.07) is 19.8. The molecule has 1 heterocycles. The van der Waals surface area contributed by atoms with Crippen molar-refractivity contribution in [3.8, 4) is 11.5 Å². The van der Waals surface area contributed by atoms with E-state index in [2.05, 4.69) is 4.90 Å². The largest absolute Gasteiger partial charge is 0.508 e. The first-order chi connectivity index (χ1) is 17.3. The molecule has 190 valence electrons. The van der Waals surface area contributed by atoms with Crippen LogP contribution in [0.4, 0.5) is 0 Å². The van der Waals surface area contributed by atoms with Crippen LogP contribution >= 0.6 is 23.2 Å². The number of rotatable bonds is 8. The molecular weight excluding hydrogens is 495 g/mol. The SMILES string of the molecule is CN(CC(CCN1CCC(c2cc(O)ccc2O)CC1)c1ccc(Cl)c(Cl)c1)C(=O)c1ccccc1. The van der Waals surface area contributed by atoms with Gasteiger partial charge in [0.2, 0.25) is 0 Å². The van der Waals surface area contributed by atoms with Crippen molar-refractivity contribution in [3.05, 3.63) is 93.5 Å². The van der Waals surface area contributed by atoms with E-state index in [1.807, 2.05) is 55.6 Å². The van der Waals surface area contributed by atoms with Crippen molar-refractivity contribution in [2.24, 2.45) is 0 Å². The van der Waals surface area contributed by atoms with Crippen LogP contribution in [0.1, 0.15) is 52.6 Å². The molecule has 1 unspecified atom stereocenters. The summed E-state index contributed by atoms with van der Waals surface area (Å²) < 4.78 is 0. The summed E-state index contributed by atoms with van der Waals surface area (Å²) in [6.45, 7) is 3.27. The lowest BCUT2D eigenvalue weighted by molar-refractivity contribution is 0.0781. The molecule has 1 atom stereocenters. The number of hydrogen-bond acceptors (Lipinski definition) is 4. The molecule has 5 nitrogen and oxygen atoms in total. The van der Waals surface area contributed by atoms with Crippen LogP contribution in [0.5, 0.6) is 11.5 Å². The van der Waals surface area contributed by atoms with E-state index >= 15 is 0 Å². The summed E-state index contributed by atoms with van der Waals surface area (Å²) >= 11 is 12.5. The van der Waals surface area contributed by atoms with Crippen molar-refractivity contribution in [1.29, 1.82) is 0 Å². The fourth-order valence-electron chi connectivity index (χ4n) is 5.02. The minimum absolute atomic E-state index is 0.00704. The molecule has 0 bridgehead atoms. The number of hydrogen-bond donors (Lipinski definition) is 2. The van der Waals surface area contributed by atoms with Gasteiger partial charge in [0, 0.05) is 30.6 Å². The Kier molecular flexibility index (Phi) is 8.78. The summed E-state index contributed by atoms with van der Waals surface area (Å²) in [7, 11) is 1.84. The standard InChI is InChI=1S/C29H32Cl2N2O3/c1-32(29(36)21-5-3-2-4-6-21)19-23(22-7-9-26(30)27(31)17-22)13-16-33-14-11-20(12-15-33)25-18-24(34)8-10-28(25)35/h2-10,17-18,20,23,34-35H,11-16,19H2,1H3. The number of likely N-dealkylation sites (tertiary alicyclic amines) is 1. The maximum Gasteiger partial charge on any atom is 0.253 e. The number of carbonyl (C=O) groups excluding carboxylic acids is 1. The normalized spacial score (nSPS) is 15.5. The Balaban J connectivity index is 1.41. The quantitative estimate of drug-likeness (QED) is 0.327. The van der Waals surface area contributed by atoms with Crippen LogP contribution in [0.3, 0.4) is 0 Å². The van der Waals surface area contributed by atoms with Gasteiger partial charge in [-0.2, -0.15) is 0 Å². The lowest BCUT2D eigenvalue weighted by atomic mass is 9.88. The number of likely N-dealkylation sites (N-methyl/N-ethyl adjacent to an activating group) is 1. The Hall–Kier alpha value is -2.73. The first-order valence-electron chi connectivity index (χ1n) is 12.3. The van der Waals surface area contributed by atoms with Gasteiger partial charge >= 0.3 is 0 Å². The third-order valence-corrected chi connectivity index (χ3v) is 7.85. The van der Waals surface area contributed by atoms with Crippen molar-refractivity contribution >= 4 is 29.1 Å². The number of benzene rings is 3. The van der Waals surface area contributed by atoms with Crippen LogP contribution in [0, 0.1) is 0 Å². The number of piperidine rings is 1. The Morgan fingerprint density at radius 1 is 1.00 bits per heavy atom. The number of carbonyl (C=O) groups is 1. The highest BCUT2D eigenvalue weighted by Crippen LogP contribution is 2.36. The number of aromatic hydroxyl groups is 2. The van der Waals surface area contributed by atoms with Crippen molar-refractivity contribution < 1.29 is 15.0 Å². The molecule has 1 amide bonds. The predicted molar refractivity (Wildman–Crippen MR) is 145 cm³/mol. The van der Waals surface area contributed by atoms with Crippen LogP contribution < -0.4 is 0 Å². The van der Waals surface area contributed by atoms with Crippen molar-refractivity contribution in [2.45, 2.75) is 31.1 Å². The summed E-state index contributed by atoms with van der Waals surface area (Å²) in [5, 5.41) is 21.1. The van der Waals surface area contributed by atoms with Gasteiger partial charge in [-0.05, 0) is 92.8 Å². The van der Waals surface area contributed by atoms with Crippen LogP contribution in [-0.2, 0) is 0 Å². The second-order valence-electron chi connectivity index (χ2n) is 9.57. The third-order valence-electron chi connectivity index (χ3n) is 7.11. The molecule has 4 rings (SSSR count). The molecule has 2 N–H and O–H groups in total. The van der Waals surface area contributed by atoms with Gasteiger partial charge in [0.15, 0.2) is 0 Å². The topological polar surface area (TPSA) is 64.0 Å². The minimum atomic E-state index is -0.00704. The van der Waals surface area contributed by atoms with Crippen molar-refractivity contribution in [3.63, 3.8) is 0 Å². The molecule has 3 aromatic carbocycles. The highest BCUT2D eigenvalue weighted by Gasteiger charge is 2.25. The summed E-state index contributed by atoms with van der Waals surface area (Å²) in [4.78, 5) is 17.2. The summed E-state index contributed by atoms with van der Waals surface area (Å²) in [5.41, 5.74) is 2.56. The van der Waals surface area contributed by atoms with Crippen LogP contribution in [0.15, 0.2) is 66.7 Å². The zero-order chi connectivity index (χ0) is 25.7. The number of nitrogens with zero attached hydrogens (tertiary/aromatic N) is 2. The molecule has 7 heteroatoms. The Labute approximate surface area is 222 Å². The zero-order valence-corrected chi connectivity index (χ0v) is 21.9. The van der Waals surface area contributed by atoms with Crippen LogP contribution in [0.25, 0.3) is 0 Å². The van der Waals surface area contributed by atoms with E-state index in [0.717, 1.165) is 50.0 Å². The lowest BCUT2D eigenvalue weighted by Crippen LogP contribution is -2.36. The van der Waals surface area contributed by atoms with Gasteiger partial charge in [-0.3, -0.25) is 4.79 Å². The number of phenolic OH excluding ortho intramolecular Hbond substituents is 2. The Morgan fingerprint density at radius 2 is 1.72 bits per heavy atom. The fourth-order valence-corrected chi connectivity index (χ4v) is 5.33. The molecule has 0 radical (unpaired) electrons. The Morgan fingerprint density at radius 3 is 2.42 bits per heavy atom. The van der Waals surface area contributed by atoms with Gasteiger partial charge in [-0.1, -0.05) is 47.5 Å². The molecule has 0 saturated carbocycles. The molecule has 1 aliphatic heterocycles. The van der Waals surface area contributed by atoms with Crippen LogP contribution in [-0.4, -0.2) is 59.1 Å². The van der Waals surface area contributed by atoms with E-state index in [1.54, 1.807) is 17.0 Å². The molecule has 0 spiro atoms. The molecular formula is C29H32Cl2N2O3. The number of amides is 1. The fraction of sp³-hybridized carbons (Fsp3) is 0.345. The molecule has 0 aromatic heterocycles. The highest BCUT2D eigenvalue weighted by molar-refractivity contribution is 6.42. The van der Waals surface area contributed by atoms with Gasteiger partial charge in [0.05, 0.1) is 10.0 Å². The smallest absolute Gasteiger partial charge is 0.253 e. The van der Waals surface area contributed by atoms with Gasteiger partial charge in [0.25, 0.3) is 5.91 Å². The summed E-state index contributed by atoms with van der Waals surface area (Å²) in [6.07, 6.45) is 2.70. The number of halogens is 2. The maximum atomic E-state index is 13.0. The van der Waals surface area contributed by atoms with Crippen molar-refractivity contribution in [1.82, 2.24) is 9.80 Å². The average molecular weight is 527 g/mol. The van der Waals surface area contributed by atoms with Gasteiger partial charge in [0.1, 0.15) is 11.5 Å². The molecule has 36 heavy (non-hydrogen) atoms. The Bertz CT molecular complexity index is 1180. The first-order valence-corrected chi connectivity index (χ1v) is 13.1.